The van der Waals surface area contributed by atoms with E-state index in [0.717, 1.165) is 11.8 Å². The van der Waals surface area contributed by atoms with Crippen LogP contribution in [0.3, 0.4) is 0 Å². The molecule has 1 aliphatic rings. The van der Waals surface area contributed by atoms with Gasteiger partial charge >= 0.3 is 5.22 Å². The summed E-state index contributed by atoms with van der Waals surface area (Å²) >= 11 is 0. The minimum absolute atomic E-state index is 0.0100. The molecule has 8 heteroatoms. The van der Waals surface area contributed by atoms with Crippen molar-refractivity contribution in [1.82, 2.24) is 15.1 Å². The first-order valence-electron chi connectivity index (χ1n) is 7.74. The van der Waals surface area contributed by atoms with Gasteiger partial charge < -0.3 is 9.32 Å². The maximum atomic E-state index is 12.5. The van der Waals surface area contributed by atoms with E-state index in [9.17, 15) is 13.2 Å². The van der Waals surface area contributed by atoms with Gasteiger partial charge in [-0.2, -0.15) is 0 Å². The molecule has 2 aromatic rings. The lowest BCUT2D eigenvalue weighted by Crippen LogP contribution is -2.38. The van der Waals surface area contributed by atoms with Crippen LogP contribution in [-0.4, -0.2) is 48.8 Å². The van der Waals surface area contributed by atoms with Crippen LogP contribution in [0.15, 0.2) is 33.9 Å². The van der Waals surface area contributed by atoms with Crippen molar-refractivity contribution in [2.45, 2.75) is 30.9 Å². The van der Waals surface area contributed by atoms with Gasteiger partial charge in [0.05, 0.1) is 0 Å². The summed E-state index contributed by atoms with van der Waals surface area (Å²) in [5, 5.41) is 7.08. The molecular formula is C16H19N3O4S. The molecule has 1 saturated heterocycles. The summed E-state index contributed by atoms with van der Waals surface area (Å²) < 4.78 is 28.1. The highest BCUT2D eigenvalue weighted by molar-refractivity contribution is 7.90. The number of piperidine rings is 1. The number of hydrogen-bond acceptors (Lipinski definition) is 6. The molecule has 7 nitrogen and oxygen atoms in total. The number of amides is 1. The van der Waals surface area contributed by atoms with E-state index in [1.807, 2.05) is 31.2 Å². The molecule has 1 aliphatic heterocycles. The van der Waals surface area contributed by atoms with E-state index in [-0.39, 0.29) is 17.0 Å². The molecule has 0 saturated carbocycles. The van der Waals surface area contributed by atoms with Gasteiger partial charge in [-0.3, -0.25) is 4.79 Å². The molecule has 0 radical (unpaired) electrons. The molecule has 1 amide bonds. The fourth-order valence-corrected chi connectivity index (χ4v) is 3.17. The number of benzene rings is 1. The van der Waals surface area contributed by atoms with Crippen LogP contribution in [0.5, 0.6) is 0 Å². The molecule has 0 N–H and O–H groups in total. The number of nitrogens with zero attached hydrogens (tertiary/aromatic N) is 3. The molecule has 2 heterocycles. The third kappa shape index (κ3) is 3.48. The zero-order valence-electron chi connectivity index (χ0n) is 13.6. The molecule has 0 unspecified atom stereocenters. The fraction of sp³-hybridized carbons (Fsp3) is 0.438. The lowest BCUT2D eigenvalue weighted by molar-refractivity contribution is 0.0705. The second kappa shape index (κ2) is 6.35. The molecule has 0 aliphatic carbocycles. The second-order valence-electron chi connectivity index (χ2n) is 6.11. The highest BCUT2D eigenvalue weighted by atomic mass is 32.2. The maximum Gasteiger partial charge on any atom is 0.335 e. The van der Waals surface area contributed by atoms with Crippen LogP contribution < -0.4 is 0 Å². The molecular weight excluding hydrogens is 330 g/mol. The van der Waals surface area contributed by atoms with E-state index in [1.54, 1.807) is 4.90 Å². The van der Waals surface area contributed by atoms with E-state index >= 15 is 0 Å². The summed E-state index contributed by atoms with van der Waals surface area (Å²) in [6.45, 7) is 3.14. The Balaban J connectivity index is 1.64. The van der Waals surface area contributed by atoms with Crippen LogP contribution in [0.4, 0.5) is 0 Å². The first-order valence-corrected chi connectivity index (χ1v) is 9.63. The number of rotatable bonds is 3. The predicted octanol–water partition coefficient (Wildman–Crippen LogP) is 1.80. The van der Waals surface area contributed by atoms with E-state index in [4.69, 9.17) is 4.42 Å². The summed E-state index contributed by atoms with van der Waals surface area (Å²) in [5.74, 6) is 0.323. The SMILES string of the molecule is Cc1ccc(C(=O)N2CCC(c3nnc(S(C)(=O)=O)o3)CC2)cc1. The topological polar surface area (TPSA) is 93.4 Å². The van der Waals surface area contributed by atoms with Gasteiger partial charge in [0.1, 0.15) is 0 Å². The van der Waals surface area contributed by atoms with Gasteiger partial charge in [0.2, 0.25) is 15.7 Å². The lowest BCUT2D eigenvalue weighted by atomic mass is 9.96. The number of aryl methyl sites for hydroxylation is 1. The van der Waals surface area contributed by atoms with Crippen molar-refractivity contribution in [3.05, 3.63) is 41.3 Å². The van der Waals surface area contributed by atoms with Gasteiger partial charge in [0, 0.05) is 30.8 Å². The molecule has 0 spiro atoms. The summed E-state index contributed by atoms with van der Waals surface area (Å²) in [6.07, 6.45) is 2.37. The van der Waals surface area contributed by atoms with Crippen LogP contribution in [0.1, 0.15) is 40.6 Å². The number of hydrogen-bond donors (Lipinski definition) is 0. The van der Waals surface area contributed by atoms with Crippen LogP contribution in [-0.2, 0) is 9.84 Å². The Bertz CT molecular complexity index is 834. The number of carbonyl (C=O) groups excluding carboxylic acids is 1. The fourth-order valence-electron chi connectivity index (χ4n) is 2.74. The van der Waals surface area contributed by atoms with E-state index in [0.29, 0.717) is 37.4 Å². The van der Waals surface area contributed by atoms with Crippen LogP contribution in [0, 0.1) is 6.92 Å². The number of aromatic nitrogens is 2. The first kappa shape index (κ1) is 16.6. The Kier molecular flexibility index (Phi) is 4.40. The molecule has 24 heavy (non-hydrogen) atoms. The highest BCUT2D eigenvalue weighted by Gasteiger charge is 2.29. The number of carbonyl (C=O) groups is 1. The minimum atomic E-state index is -3.49. The molecule has 1 aromatic heterocycles. The van der Waals surface area contributed by atoms with Crippen molar-refractivity contribution in [2.24, 2.45) is 0 Å². The van der Waals surface area contributed by atoms with Gasteiger partial charge in [0.25, 0.3) is 5.91 Å². The smallest absolute Gasteiger partial charge is 0.335 e. The van der Waals surface area contributed by atoms with Crippen LogP contribution in [0.2, 0.25) is 0 Å². The molecule has 1 fully saturated rings. The van der Waals surface area contributed by atoms with Crippen molar-refractivity contribution in [3.63, 3.8) is 0 Å². The van der Waals surface area contributed by atoms with E-state index < -0.39 is 9.84 Å². The van der Waals surface area contributed by atoms with Crippen molar-refractivity contribution < 1.29 is 17.6 Å². The van der Waals surface area contributed by atoms with Crippen molar-refractivity contribution in [3.8, 4) is 0 Å². The molecule has 3 rings (SSSR count). The van der Waals surface area contributed by atoms with Crippen LogP contribution in [0.25, 0.3) is 0 Å². The third-order valence-corrected chi connectivity index (χ3v) is 4.97. The van der Waals surface area contributed by atoms with Gasteiger partial charge in [-0.1, -0.05) is 22.8 Å². The maximum absolute atomic E-state index is 12.5. The Morgan fingerprint density at radius 1 is 1.17 bits per heavy atom. The Morgan fingerprint density at radius 2 is 1.79 bits per heavy atom. The zero-order chi connectivity index (χ0) is 17.3. The van der Waals surface area contributed by atoms with Gasteiger partial charge in [0.15, 0.2) is 0 Å². The van der Waals surface area contributed by atoms with Crippen LogP contribution >= 0.6 is 0 Å². The summed E-state index contributed by atoms with van der Waals surface area (Å²) in [7, 11) is -3.49. The Labute approximate surface area is 140 Å². The average Bonchev–Trinajstić information content (AvgIpc) is 3.05. The van der Waals surface area contributed by atoms with Crippen molar-refractivity contribution in [1.29, 1.82) is 0 Å². The number of likely N-dealkylation sites (tertiary alicyclic amines) is 1. The first-order chi connectivity index (χ1) is 11.3. The third-order valence-electron chi connectivity index (χ3n) is 4.17. The Morgan fingerprint density at radius 3 is 2.33 bits per heavy atom. The minimum Gasteiger partial charge on any atom is -0.412 e. The monoisotopic (exact) mass is 349 g/mol. The zero-order valence-corrected chi connectivity index (χ0v) is 14.4. The highest BCUT2D eigenvalue weighted by Crippen LogP contribution is 2.28. The quantitative estimate of drug-likeness (QED) is 0.839. The van der Waals surface area contributed by atoms with Gasteiger partial charge in [-0.25, -0.2) is 8.42 Å². The standard InChI is InChI=1S/C16H19N3O4S/c1-11-3-5-13(6-4-11)15(20)19-9-7-12(8-10-19)14-17-18-16(23-14)24(2,21)22/h3-6,12H,7-10H2,1-2H3. The van der Waals surface area contributed by atoms with E-state index in [2.05, 4.69) is 10.2 Å². The van der Waals surface area contributed by atoms with Crippen molar-refractivity contribution in [2.75, 3.05) is 19.3 Å². The van der Waals surface area contributed by atoms with Gasteiger partial charge in [-0.05, 0) is 31.9 Å². The van der Waals surface area contributed by atoms with Gasteiger partial charge in [-0.15, -0.1) is 5.10 Å². The van der Waals surface area contributed by atoms with Crippen molar-refractivity contribution >= 4 is 15.7 Å². The molecule has 1 aromatic carbocycles. The molecule has 128 valence electrons. The number of sulfone groups is 1. The summed E-state index contributed by atoms with van der Waals surface area (Å²) in [5.41, 5.74) is 1.79. The normalized spacial score (nSPS) is 16.3. The largest absolute Gasteiger partial charge is 0.412 e. The predicted molar refractivity (Wildman–Crippen MR) is 86.5 cm³/mol. The molecule has 0 bridgehead atoms. The molecule has 0 atom stereocenters. The average molecular weight is 349 g/mol. The van der Waals surface area contributed by atoms with E-state index in [1.165, 1.54) is 0 Å². The summed E-state index contributed by atoms with van der Waals surface area (Å²) in [6, 6.07) is 7.51. The summed E-state index contributed by atoms with van der Waals surface area (Å²) in [4.78, 5) is 14.3. The Hall–Kier alpha value is -2.22. The second-order valence-corrected chi connectivity index (χ2v) is 8.00. The lowest BCUT2D eigenvalue weighted by Gasteiger charge is -2.30.